The molecule has 0 spiro atoms. The van der Waals surface area contributed by atoms with Gasteiger partial charge in [-0.3, -0.25) is 4.79 Å². The van der Waals surface area contributed by atoms with Gasteiger partial charge in [-0.25, -0.2) is 8.42 Å². The lowest BCUT2D eigenvalue weighted by atomic mass is 10.1. The van der Waals surface area contributed by atoms with E-state index in [4.69, 9.17) is 16.1 Å². The van der Waals surface area contributed by atoms with Crippen LogP contribution < -0.4 is 0 Å². The smallest absolute Gasteiger partial charge is 0.248 e. The van der Waals surface area contributed by atoms with Crippen molar-refractivity contribution in [2.75, 3.05) is 26.2 Å². The number of benzene rings is 1. The molecule has 26 heavy (non-hydrogen) atoms. The first-order valence-corrected chi connectivity index (χ1v) is 10.1. The number of aryl methyl sites for hydroxylation is 2. The number of piperazine rings is 1. The second kappa shape index (κ2) is 7.38. The molecule has 1 aliphatic heterocycles. The van der Waals surface area contributed by atoms with Gasteiger partial charge < -0.3 is 9.42 Å². The zero-order chi connectivity index (χ0) is 18.9. The summed E-state index contributed by atoms with van der Waals surface area (Å²) in [6.07, 6.45) is 0.247. The summed E-state index contributed by atoms with van der Waals surface area (Å²) in [5.74, 6) is 0.239. The maximum Gasteiger partial charge on any atom is 0.248 e. The third-order valence-electron chi connectivity index (χ3n) is 4.40. The normalized spacial score (nSPS) is 16.0. The molecule has 0 bridgehead atoms. The van der Waals surface area contributed by atoms with Crippen molar-refractivity contribution in [3.63, 3.8) is 0 Å². The molecular formula is C17H20ClN3O4S. The fourth-order valence-corrected chi connectivity index (χ4v) is 5.01. The predicted molar refractivity (Wildman–Crippen MR) is 96.5 cm³/mol. The lowest BCUT2D eigenvalue weighted by Crippen LogP contribution is -2.51. The highest BCUT2D eigenvalue weighted by molar-refractivity contribution is 7.89. The van der Waals surface area contributed by atoms with E-state index in [1.54, 1.807) is 36.9 Å². The van der Waals surface area contributed by atoms with Crippen LogP contribution in [-0.2, 0) is 21.2 Å². The van der Waals surface area contributed by atoms with Crippen LogP contribution in [0, 0.1) is 13.8 Å². The minimum Gasteiger partial charge on any atom is -0.360 e. The zero-order valence-corrected chi connectivity index (χ0v) is 16.2. The van der Waals surface area contributed by atoms with E-state index in [-0.39, 0.29) is 36.1 Å². The second-order valence-corrected chi connectivity index (χ2v) is 8.56. The van der Waals surface area contributed by atoms with Crippen LogP contribution in [0.5, 0.6) is 0 Å². The number of nitrogens with zero attached hydrogens (tertiary/aromatic N) is 3. The van der Waals surface area contributed by atoms with E-state index in [2.05, 4.69) is 5.16 Å². The van der Waals surface area contributed by atoms with E-state index >= 15 is 0 Å². The molecule has 2 aromatic rings. The lowest BCUT2D eigenvalue weighted by molar-refractivity contribution is -0.131. The third-order valence-corrected chi connectivity index (χ3v) is 6.78. The summed E-state index contributed by atoms with van der Waals surface area (Å²) in [4.78, 5) is 14.3. The van der Waals surface area contributed by atoms with Crippen LogP contribution >= 0.6 is 11.6 Å². The minimum absolute atomic E-state index is 0.0401. The summed E-state index contributed by atoms with van der Waals surface area (Å²) in [5, 5.41) is 4.31. The number of rotatable bonds is 4. The van der Waals surface area contributed by atoms with Crippen molar-refractivity contribution in [1.82, 2.24) is 14.4 Å². The average Bonchev–Trinajstić information content (AvgIpc) is 2.94. The second-order valence-electron chi connectivity index (χ2n) is 6.24. The Labute approximate surface area is 157 Å². The summed E-state index contributed by atoms with van der Waals surface area (Å²) in [6.45, 7) is 4.37. The molecule has 2 heterocycles. The van der Waals surface area contributed by atoms with Crippen LogP contribution in [0.4, 0.5) is 0 Å². The van der Waals surface area contributed by atoms with Gasteiger partial charge in [0.15, 0.2) is 5.76 Å². The van der Waals surface area contributed by atoms with Crippen LogP contribution in [0.25, 0.3) is 0 Å². The van der Waals surface area contributed by atoms with Gasteiger partial charge in [-0.15, -0.1) is 0 Å². The van der Waals surface area contributed by atoms with Gasteiger partial charge >= 0.3 is 0 Å². The SMILES string of the molecule is Cc1noc(C)c1S(=O)(=O)N1CCN(C(=O)Cc2cccc(Cl)c2)CC1. The monoisotopic (exact) mass is 397 g/mol. The Hall–Kier alpha value is -1.90. The van der Waals surface area contributed by atoms with Crippen LogP contribution in [0.3, 0.4) is 0 Å². The first-order chi connectivity index (χ1) is 12.3. The fourth-order valence-electron chi connectivity index (χ4n) is 3.08. The molecule has 1 saturated heterocycles. The Morgan fingerprint density at radius 2 is 1.92 bits per heavy atom. The molecule has 0 radical (unpaired) electrons. The van der Waals surface area contributed by atoms with Crippen LogP contribution in [0.2, 0.25) is 5.02 Å². The van der Waals surface area contributed by atoms with Crippen LogP contribution in [0.1, 0.15) is 17.0 Å². The Balaban J connectivity index is 1.65. The molecule has 0 atom stereocenters. The van der Waals surface area contributed by atoms with E-state index in [1.807, 2.05) is 6.07 Å². The van der Waals surface area contributed by atoms with Crippen molar-refractivity contribution >= 4 is 27.5 Å². The van der Waals surface area contributed by atoms with Crippen molar-refractivity contribution < 1.29 is 17.7 Å². The van der Waals surface area contributed by atoms with Crippen LogP contribution in [-0.4, -0.2) is 54.9 Å². The molecule has 3 rings (SSSR count). The maximum absolute atomic E-state index is 12.8. The number of hydrogen-bond donors (Lipinski definition) is 0. The van der Waals surface area contributed by atoms with Gasteiger partial charge in [0.1, 0.15) is 10.6 Å². The highest BCUT2D eigenvalue weighted by atomic mass is 35.5. The average molecular weight is 398 g/mol. The largest absolute Gasteiger partial charge is 0.360 e. The first-order valence-electron chi connectivity index (χ1n) is 8.24. The van der Waals surface area contributed by atoms with Crippen molar-refractivity contribution in [3.05, 3.63) is 46.3 Å². The topological polar surface area (TPSA) is 83.7 Å². The zero-order valence-electron chi connectivity index (χ0n) is 14.6. The number of carbonyl (C=O) groups is 1. The fraction of sp³-hybridized carbons (Fsp3) is 0.412. The number of halogens is 1. The Bertz CT molecular complexity index is 898. The van der Waals surface area contributed by atoms with Crippen molar-refractivity contribution in [1.29, 1.82) is 0 Å². The van der Waals surface area contributed by atoms with E-state index in [1.165, 1.54) is 4.31 Å². The number of hydrogen-bond acceptors (Lipinski definition) is 5. The standard InChI is InChI=1S/C17H20ClN3O4S/c1-12-17(13(2)25-19-12)26(23,24)21-8-6-20(7-9-21)16(22)11-14-4-3-5-15(18)10-14/h3-5,10H,6-9,11H2,1-2H3. The molecule has 1 amide bonds. The van der Waals surface area contributed by atoms with Crippen molar-refractivity contribution in [2.24, 2.45) is 0 Å². The van der Waals surface area contributed by atoms with E-state index < -0.39 is 10.0 Å². The molecule has 1 aromatic carbocycles. The van der Waals surface area contributed by atoms with Crippen molar-refractivity contribution in [3.8, 4) is 0 Å². The molecule has 0 unspecified atom stereocenters. The lowest BCUT2D eigenvalue weighted by Gasteiger charge is -2.34. The molecule has 140 valence electrons. The third kappa shape index (κ3) is 3.77. The summed E-state index contributed by atoms with van der Waals surface area (Å²) in [5.41, 5.74) is 1.19. The van der Waals surface area contributed by atoms with Crippen molar-refractivity contribution in [2.45, 2.75) is 25.2 Å². The molecule has 1 aliphatic rings. The van der Waals surface area contributed by atoms with Gasteiger partial charge in [-0.05, 0) is 31.5 Å². The predicted octanol–water partition coefficient (Wildman–Crippen LogP) is 2.02. The number of carbonyl (C=O) groups excluding carboxylic acids is 1. The highest BCUT2D eigenvalue weighted by Gasteiger charge is 2.34. The van der Waals surface area contributed by atoms with E-state index in [0.29, 0.717) is 23.8 Å². The van der Waals surface area contributed by atoms with Gasteiger partial charge in [0.05, 0.1) is 6.42 Å². The van der Waals surface area contributed by atoms with Crippen LogP contribution in [0.15, 0.2) is 33.7 Å². The highest BCUT2D eigenvalue weighted by Crippen LogP contribution is 2.24. The van der Waals surface area contributed by atoms with Gasteiger partial charge in [0, 0.05) is 31.2 Å². The molecule has 0 aliphatic carbocycles. The molecule has 9 heteroatoms. The molecule has 0 N–H and O–H groups in total. The van der Waals surface area contributed by atoms with Gasteiger partial charge in [0.2, 0.25) is 15.9 Å². The molecule has 7 nitrogen and oxygen atoms in total. The number of sulfonamides is 1. The number of amides is 1. The molecular weight excluding hydrogens is 378 g/mol. The molecule has 1 fully saturated rings. The van der Waals surface area contributed by atoms with E-state index in [9.17, 15) is 13.2 Å². The Kier molecular flexibility index (Phi) is 5.36. The molecule has 1 aromatic heterocycles. The van der Waals surface area contributed by atoms with E-state index in [0.717, 1.165) is 5.56 Å². The Morgan fingerprint density at radius 3 is 2.50 bits per heavy atom. The summed E-state index contributed by atoms with van der Waals surface area (Å²) in [7, 11) is -3.67. The maximum atomic E-state index is 12.8. The van der Waals surface area contributed by atoms with Gasteiger partial charge in [-0.2, -0.15) is 4.31 Å². The minimum atomic E-state index is -3.67. The first kappa shape index (κ1) is 18.9. The van der Waals surface area contributed by atoms with Gasteiger partial charge in [0.25, 0.3) is 0 Å². The Morgan fingerprint density at radius 1 is 1.23 bits per heavy atom. The summed E-state index contributed by atoms with van der Waals surface area (Å²) in [6, 6.07) is 7.17. The summed E-state index contributed by atoms with van der Waals surface area (Å²) < 4.78 is 32.0. The molecule has 0 saturated carbocycles. The van der Waals surface area contributed by atoms with Gasteiger partial charge in [-0.1, -0.05) is 28.9 Å². The summed E-state index contributed by atoms with van der Waals surface area (Å²) >= 11 is 5.95. The number of aromatic nitrogens is 1. The quantitative estimate of drug-likeness (QED) is 0.788.